The lowest BCUT2D eigenvalue weighted by Crippen LogP contribution is -2.58. The molecule has 1 fully saturated rings. The Labute approximate surface area is 316 Å². The maximum atomic E-state index is 14.4. The van der Waals surface area contributed by atoms with Gasteiger partial charge >= 0.3 is 6.09 Å². The second-order valence-corrected chi connectivity index (χ2v) is 15.1. The quantitative estimate of drug-likeness (QED) is 0.152. The van der Waals surface area contributed by atoms with Gasteiger partial charge in [0.15, 0.2) is 0 Å². The van der Waals surface area contributed by atoms with Gasteiger partial charge in [-0.25, -0.2) is 4.79 Å². The van der Waals surface area contributed by atoms with Gasteiger partial charge in [0, 0.05) is 25.8 Å². The van der Waals surface area contributed by atoms with E-state index in [-0.39, 0.29) is 37.3 Å². The lowest BCUT2D eigenvalue weighted by atomic mass is 9.94. The summed E-state index contributed by atoms with van der Waals surface area (Å²) in [7, 11) is 0. The first kappa shape index (κ1) is 41.2. The number of phenols is 2. The molecule has 0 aromatic heterocycles. The van der Waals surface area contributed by atoms with Crippen LogP contribution in [-0.4, -0.2) is 81.1 Å². The molecule has 5 amide bonds. The standard InChI is InChI=1S/C41H53N5O8/c1-23-16-28(47)17-24(2)30(23)21-33(37(50)43-32(36(42)49)20-27-12-9-8-10-13-27)44-38(51)35-14-11-15-46(35)39(52)34(45-40(53)54-41(5,6)7)22-31-25(3)18-29(48)19-26(31)4/h8-10,12-13,16-19,32-35,47-48H,11,14-15,20-22H2,1-7H3,(H2,42,49)(H,43,50)(H,44,51)(H,45,53)/t32-,33-,34-,35-/m0/s1. The van der Waals surface area contributed by atoms with Crippen molar-refractivity contribution in [1.82, 2.24) is 20.9 Å². The summed E-state index contributed by atoms with van der Waals surface area (Å²) in [6.45, 7) is 12.5. The Morgan fingerprint density at radius 3 is 1.80 bits per heavy atom. The topological polar surface area (TPSA) is 200 Å². The SMILES string of the molecule is Cc1cc(O)cc(C)c1C[C@H](NC(=O)[C@@H]1CCCN1C(=O)[C@H](Cc1c(C)cc(O)cc1C)NC(=O)OC(C)(C)C)C(=O)N[C@@H](Cc1ccccc1)C(N)=O. The molecule has 4 rings (SSSR count). The highest BCUT2D eigenvalue weighted by atomic mass is 16.6. The molecule has 1 aliphatic rings. The molecule has 290 valence electrons. The number of likely N-dealkylation sites (tertiary alicyclic amines) is 1. The lowest BCUT2D eigenvalue weighted by Gasteiger charge is -2.31. The van der Waals surface area contributed by atoms with Crippen LogP contribution in [0.1, 0.15) is 72.6 Å². The fraction of sp³-hybridized carbons (Fsp3) is 0.439. The van der Waals surface area contributed by atoms with Crippen molar-refractivity contribution in [2.45, 2.75) is 110 Å². The van der Waals surface area contributed by atoms with Crippen molar-refractivity contribution in [2.75, 3.05) is 6.54 Å². The largest absolute Gasteiger partial charge is 0.508 e. The van der Waals surface area contributed by atoms with Crippen molar-refractivity contribution in [1.29, 1.82) is 0 Å². The van der Waals surface area contributed by atoms with E-state index in [0.29, 0.717) is 29.5 Å². The number of rotatable bonds is 13. The predicted octanol–water partition coefficient (Wildman–Crippen LogP) is 3.70. The number of aromatic hydroxyl groups is 2. The van der Waals surface area contributed by atoms with Crippen molar-refractivity contribution in [3.8, 4) is 11.5 Å². The highest BCUT2D eigenvalue weighted by Crippen LogP contribution is 2.26. The molecule has 1 saturated heterocycles. The van der Waals surface area contributed by atoms with E-state index in [9.17, 15) is 34.2 Å². The summed E-state index contributed by atoms with van der Waals surface area (Å²) in [5.74, 6) is -2.35. The summed E-state index contributed by atoms with van der Waals surface area (Å²) < 4.78 is 5.49. The van der Waals surface area contributed by atoms with E-state index in [1.165, 1.54) is 4.90 Å². The molecule has 0 unspecified atom stereocenters. The van der Waals surface area contributed by atoms with Gasteiger partial charge in [-0.3, -0.25) is 19.2 Å². The minimum absolute atomic E-state index is 0.0231. The fourth-order valence-electron chi connectivity index (χ4n) is 6.97. The third-order valence-corrected chi connectivity index (χ3v) is 9.58. The summed E-state index contributed by atoms with van der Waals surface area (Å²) in [6.07, 6.45) is 0.227. The van der Waals surface area contributed by atoms with Gasteiger partial charge in [0.1, 0.15) is 41.3 Å². The zero-order valence-electron chi connectivity index (χ0n) is 32.1. The maximum absolute atomic E-state index is 14.4. The fourth-order valence-corrected chi connectivity index (χ4v) is 6.97. The van der Waals surface area contributed by atoms with Crippen LogP contribution < -0.4 is 21.7 Å². The van der Waals surface area contributed by atoms with Crippen LogP contribution in [0, 0.1) is 27.7 Å². The molecule has 3 aromatic rings. The molecular weight excluding hydrogens is 690 g/mol. The Morgan fingerprint density at radius 2 is 1.30 bits per heavy atom. The number of amides is 5. The van der Waals surface area contributed by atoms with Gasteiger partial charge in [-0.05, 0) is 125 Å². The Kier molecular flexibility index (Phi) is 13.3. The van der Waals surface area contributed by atoms with Crippen molar-refractivity contribution in [3.05, 3.63) is 93.5 Å². The molecule has 0 aliphatic carbocycles. The third-order valence-electron chi connectivity index (χ3n) is 9.58. The van der Waals surface area contributed by atoms with Crippen LogP contribution >= 0.6 is 0 Å². The van der Waals surface area contributed by atoms with Gasteiger partial charge in [0.25, 0.3) is 0 Å². The van der Waals surface area contributed by atoms with E-state index in [1.807, 2.05) is 30.3 Å². The Hall–Kier alpha value is -5.59. The smallest absolute Gasteiger partial charge is 0.408 e. The molecule has 0 spiro atoms. The number of hydrogen-bond donors (Lipinski definition) is 6. The van der Waals surface area contributed by atoms with Gasteiger partial charge in [-0.2, -0.15) is 0 Å². The van der Waals surface area contributed by atoms with E-state index < -0.39 is 59.5 Å². The van der Waals surface area contributed by atoms with Crippen LogP contribution in [0.3, 0.4) is 0 Å². The molecule has 13 heteroatoms. The number of nitrogens with zero attached hydrogens (tertiary/aromatic N) is 1. The number of carbonyl (C=O) groups excluding carboxylic acids is 5. The molecule has 0 saturated carbocycles. The predicted molar refractivity (Wildman–Crippen MR) is 204 cm³/mol. The lowest BCUT2D eigenvalue weighted by molar-refractivity contribution is -0.141. The molecule has 54 heavy (non-hydrogen) atoms. The van der Waals surface area contributed by atoms with Gasteiger partial charge in [-0.1, -0.05) is 30.3 Å². The van der Waals surface area contributed by atoms with Crippen LogP contribution in [0.2, 0.25) is 0 Å². The van der Waals surface area contributed by atoms with Crippen LogP contribution in [0.15, 0.2) is 54.6 Å². The first-order valence-electron chi connectivity index (χ1n) is 18.1. The van der Waals surface area contributed by atoms with Gasteiger partial charge < -0.3 is 41.5 Å². The van der Waals surface area contributed by atoms with Crippen molar-refractivity contribution < 1.29 is 38.9 Å². The van der Waals surface area contributed by atoms with Crippen molar-refractivity contribution in [3.63, 3.8) is 0 Å². The number of alkyl carbamates (subject to hydrolysis) is 1. The summed E-state index contributed by atoms with van der Waals surface area (Å²) in [6, 6.07) is 11.0. The number of nitrogens with two attached hydrogens (primary N) is 1. The number of carbonyl (C=O) groups is 5. The highest BCUT2D eigenvalue weighted by molar-refractivity contribution is 5.95. The Morgan fingerprint density at radius 1 is 0.778 bits per heavy atom. The van der Waals surface area contributed by atoms with Crippen LogP contribution in [0.25, 0.3) is 0 Å². The van der Waals surface area contributed by atoms with Crippen molar-refractivity contribution in [2.24, 2.45) is 5.73 Å². The zero-order valence-corrected chi connectivity index (χ0v) is 32.1. The van der Waals surface area contributed by atoms with Gasteiger partial charge in [0.2, 0.25) is 23.6 Å². The normalized spacial score (nSPS) is 15.8. The number of nitrogens with one attached hydrogen (secondary N) is 3. The third kappa shape index (κ3) is 11.0. The molecule has 0 bridgehead atoms. The first-order chi connectivity index (χ1) is 25.3. The second-order valence-electron chi connectivity index (χ2n) is 15.1. The average molecular weight is 744 g/mol. The monoisotopic (exact) mass is 743 g/mol. The summed E-state index contributed by atoms with van der Waals surface area (Å²) in [4.78, 5) is 69.5. The number of primary amides is 1. The summed E-state index contributed by atoms with van der Waals surface area (Å²) in [5.41, 5.74) is 9.97. The minimum atomic E-state index is -1.19. The molecule has 4 atom stereocenters. The highest BCUT2D eigenvalue weighted by Gasteiger charge is 2.40. The maximum Gasteiger partial charge on any atom is 0.408 e. The van der Waals surface area contributed by atoms with Gasteiger partial charge in [0.05, 0.1) is 0 Å². The first-order valence-corrected chi connectivity index (χ1v) is 18.1. The van der Waals surface area contributed by atoms with Gasteiger partial charge in [-0.15, -0.1) is 0 Å². The molecule has 1 aliphatic heterocycles. The minimum Gasteiger partial charge on any atom is -0.508 e. The zero-order chi connectivity index (χ0) is 39.9. The molecule has 13 nitrogen and oxygen atoms in total. The van der Waals surface area contributed by atoms with E-state index in [4.69, 9.17) is 10.5 Å². The average Bonchev–Trinajstić information content (AvgIpc) is 3.56. The van der Waals surface area contributed by atoms with Crippen LogP contribution in [0.4, 0.5) is 4.79 Å². The van der Waals surface area contributed by atoms with E-state index in [2.05, 4.69) is 16.0 Å². The molecule has 7 N–H and O–H groups in total. The molecule has 0 radical (unpaired) electrons. The number of phenolic OH excluding ortho intramolecular Hbond substituents is 2. The number of aryl methyl sites for hydroxylation is 4. The summed E-state index contributed by atoms with van der Waals surface area (Å²) in [5, 5.41) is 28.6. The number of benzene rings is 3. The Bertz CT molecular complexity index is 1830. The van der Waals surface area contributed by atoms with Crippen LogP contribution in [0.5, 0.6) is 11.5 Å². The second kappa shape index (κ2) is 17.5. The molecule has 1 heterocycles. The van der Waals surface area contributed by atoms with E-state index in [0.717, 1.165) is 22.3 Å². The Balaban J connectivity index is 1.63. The molecular formula is C41H53N5O8. The van der Waals surface area contributed by atoms with E-state index >= 15 is 0 Å². The number of hydrogen-bond acceptors (Lipinski definition) is 8. The van der Waals surface area contributed by atoms with E-state index in [1.54, 1.807) is 72.7 Å². The van der Waals surface area contributed by atoms with Crippen molar-refractivity contribution >= 4 is 29.7 Å². The molecule has 3 aromatic carbocycles. The van der Waals surface area contributed by atoms with Crippen LogP contribution in [-0.2, 0) is 43.2 Å². The number of ether oxygens (including phenoxy) is 1. The summed E-state index contributed by atoms with van der Waals surface area (Å²) >= 11 is 0.